The van der Waals surface area contributed by atoms with Crippen LogP contribution in [0.5, 0.6) is 0 Å². The molecule has 0 saturated heterocycles. The van der Waals surface area contributed by atoms with E-state index in [1.54, 1.807) is 7.05 Å². The Bertz CT molecular complexity index is 848. The number of rotatable bonds is 7. The van der Waals surface area contributed by atoms with E-state index >= 15 is 0 Å². The number of unbranched alkanes of at least 4 members (excludes halogenated alkanes) is 3. The van der Waals surface area contributed by atoms with E-state index < -0.39 is 0 Å². The Morgan fingerprint density at radius 3 is 2.52 bits per heavy atom. The number of imide groups is 1. The molecule has 0 saturated carbocycles. The molecular weight excluding hydrogens is 314 g/mol. The van der Waals surface area contributed by atoms with Gasteiger partial charge in [-0.15, -0.1) is 0 Å². The van der Waals surface area contributed by atoms with Crippen LogP contribution in [0.2, 0.25) is 0 Å². The molecule has 1 N–H and O–H groups in total. The second kappa shape index (κ2) is 7.13. The highest BCUT2D eigenvalue weighted by Gasteiger charge is 2.37. The summed E-state index contributed by atoms with van der Waals surface area (Å²) in [6.07, 6.45) is 6.40. The van der Waals surface area contributed by atoms with Gasteiger partial charge in [-0.2, -0.15) is 0 Å². The minimum atomic E-state index is -0.247. The maximum Gasteiger partial charge on any atom is 0.277 e. The standard InChI is InChI=1S/C20H25N3O2/c1-4-5-6-9-12-21-18-17(19(24)23(3)20(18)25)15-13-22(2)16-11-8-7-10-14(15)16/h7-8,10-11,13,21H,4-6,9,12H2,1-3H3. The molecule has 1 aromatic heterocycles. The maximum absolute atomic E-state index is 12.7. The van der Waals surface area contributed by atoms with E-state index in [1.165, 1.54) is 17.7 Å². The van der Waals surface area contributed by atoms with Crippen molar-refractivity contribution in [3.8, 4) is 0 Å². The molecule has 2 amide bonds. The lowest BCUT2D eigenvalue weighted by Crippen LogP contribution is -2.30. The fraction of sp³-hybridized carbons (Fsp3) is 0.400. The summed E-state index contributed by atoms with van der Waals surface area (Å²) in [6, 6.07) is 7.94. The zero-order chi connectivity index (χ0) is 18.0. The van der Waals surface area contributed by atoms with E-state index in [0.29, 0.717) is 17.8 Å². The van der Waals surface area contributed by atoms with E-state index in [0.717, 1.165) is 29.3 Å². The van der Waals surface area contributed by atoms with Crippen molar-refractivity contribution in [3.63, 3.8) is 0 Å². The third kappa shape index (κ3) is 3.06. The molecule has 3 rings (SSSR count). The highest BCUT2D eigenvalue weighted by Crippen LogP contribution is 2.33. The van der Waals surface area contributed by atoms with Crippen molar-refractivity contribution in [1.29, 1.82) is 0 Å². The molecule has 0 fully saturated rings. The van der Waals surface area contributed by atoms with Crippen LogP contribution in [0.3, 0.4) is 0 Å². The van der Waals surface area contributed by atoms with Gasteiger partial charge in [0.1, 0.15) is 5.70 Å². The van der Waals surface area contributed by atoms with Crippen molar-refractivity contribution in [1.82, 2.24) is 14.8 Å². The van der Waals surface area contributed by atoms with Crippen LogP contribution in [0.1, 0.15) is 38.2 Å². The largest absolute Gasteiger partial charge is 0.380 e. The van der Waals surface area contributed by atoms with Crippen molar-refractivity contribution < 1.29 is 9.59 Å². The van der Waals surface area contributed by atoms with Crippen molar-refractivity contribution in [2.45, 2.75) is 32.6 Å². The van der Waals surface area contributed by atoms with Crippen molar-refractivity contribution in [3.05, 3.63) is 41.7 Å². The summed E-state index contributed by atoms with van der Waals surface area (Å²) in [6.45, 7) is 2.87. The highest BCUT2D eigenvalue weighted by atomic mass is 16.2. The van der Waals surface area contributed by atoms with Gasteiger partial charge in [-0.25, -0.2) is 0 Å². The van der Waals surface area contributed by atoms with Crippen LogP contribution in [0, 0.1) is 0 Å². The van der Waals surface area contributed by atoms with E-state index in [4.69, 9.17) is 0 Å². The van der Waals surface area contributed by atoms with Crippen LogP contribution in [0.15, 0.2) is 36.2 Å². The Kier molecular flexibility index (Phi) is 4.93. The summed E-state index contributed by atoms with van der Waals surface area (Å²) in [7, 11) is 3.50. The topological polar surface area (TPSA) is 54.3 Å². The Morgan fingerprint density at radius 1 is 1.00 bits per heavy atom. The number of hydrogen-bond donors (Lipinski definition) is 1. The van der Waals surface area contributed by atoms with E-state index in [2.05, 4.69) is 12.2 Å². The Hall–Kier alpha value is -2.56. The summed E-state index contributed by atoms with van der Waals surface area (Å²) in [4.78, 5) is 26.5. The van der Waals surface area contributed by atoms with E-state index in [1.807, 2.05) is 42.1 Å². The summed E-state index contributed by atoms with van der Waals surface area (Å²) >= 11 is 0. The quantitative estimate of drug-likeness (QED) is 0.623. The van der Waals surface area contributed by atoms with Crippen LogP contribution in [0.25, 0.3) is 16.5 Å². The minimum absolute atomic E-state index is 0.239. The highest BCUT2D eigenvalue weighted by molar-refractivity contribution is 6.36. The predicted molar refractivity (Wildman–Crippen MR) is 99.8 cm³/mol. The number of nitrogens with zero attached hydrogens (tertiary/aromatic N) is 2. The van der Waals surface area contributed by atoms with Gasteiger partial charge in [-0.05, 0) is 12.5 Å². The second-order valence-electron chi connectivity index (χ2n) is 6.58. The molecule has 1 aromatic carbocycles. The fourth-order valence-electron chi connectivity index (χ4n) is 3.36. The van der Waals surface area contributed by atoms with Crippen molar-refractivity contribution in [2.24, 2.45) is 7.05 Å². The molecule has 132 valence electrons. The normalized spacial score (nSPS) is 14.9. The van der Waals surface area contributed by atoms with Gasteiger partial charge in [-0.1, -0.05) is 44.4 Å². The number of benzene rings is 1. The first-order valence-corrected chi connectivity index (χ1v) is 8.91. The number of hydrogen-bond acceptors (Lipinski definition) is 3. The zero-order valence-electron chi connectivity index (χ0n) is 15.1. The molecule has 0 bridgehead atoms. The Morgan fingerprint density at radius 2 is 1.76 bits per heavy atom. The molecule has 0 atom stereocenters. The van der Waals surface area contributed by atoms with Gasteiger partial charge in [0.25, 0.3) is 11.8 Å². The van der Waals surface area contributed by atoms with Gasteiger partial charge < -0.3 is 9.88 Å². The number of fused-ring (bicyclic) bond motifs is 1. The molecule has 0 spiro atoms. The summed E-state index contributed by atoms with van der Waals surface area (Å²) in [5.41, 5.74) is 2.78. The number of aromatic nitrogens is 1. The number of amides is 2. The van der Waals surface area contributed by atoms with Gasteiger partial charge in [0.05, 0.1) is 5.57 Å². The first kappa shape index (κ1) is 17.3. The minimum Gasteiger partial charge on any atom is -0.380 e. The predicted octanol–water partition coefficient (Wildman–Crippen LogP) is 3.06. The molecule has 0 radical (unpaired) electrons. The molecule has 0 unspecified atom stereocenters. The fourth-order valence-corrected chi connectivity index (χ4v) is 3.36. The molecule has 2 aromatic rings. The average molecular weight is 339 g/mol. The van der Waals surface area contributed by atoms with Gasteiger partial charge in [0.2, 0.25) is 0 Å². The third-order valence-electron chi connectivity index (χ3n) is 4.79. The Balaban J connectivity index is 1.98. The van der Waals surface area contributed by atoms with Crippen LogP contribution < -0.4 is 5.32 Å². The molecular formula is C20H25N3O2. The lowest BCUT2D eigenvalue weighted by atomic mass is 10.0. The summed E-state index contributed by atoms with van der Waals surface area (Å²) in [5.74, 6) is -0.485. The number of para-hydroxylation sites is 1. The summed E-state index contributed by atoms with van der Waals surface area (Å²) in [5, 5.41) is 4.22. The third-order valence-corrected chi connectivity index (χ3v) is 4.79. The SMILES string of the molecule is CCCCCCNC1=C(c2cn(C)c3ccccc23)C(=O)N(C)C1=O. The maximum atomic E-state index is 12.7. The zero-order valence-corrected chi connectivity index (χ0v) is 15.1. The van der Waals surface area contributed by atoms with Crippen molar-refractivity contribution >= 4 is 28.3 Å². The van der Waals surface area contributed by atoms with Crippen LogP contribution >= 0.6 is 0 Å². The first-order chi connectivity index (χ1) is 12.1. The smallest absolute Gasteiger partial charge is 0.277 e. The number of carbonyl (C=O) groups is 2. The molecule has 2 heterocycles. The number of aryl methyl sites for hydroxylation is 1. The lowest BCUT2D eigenvalue weighted by molar-refractivity contribution is -0.135. The number of nitrogens with one attached hydrogen (secondary N) is 1. The van der Waals surface area contributed by atoms with Gasteiger partial charge in [-0.3, -0.25) is 14.5 Å². The van der Waals surface area contributed by atoms with Crippen LogP contribution in [-0.4, -0.2) is 34.9 Å². The molecule has 25 heavy (non-hydrogen) atoms. The second-order valence-corrected chi connectivity index (χ2v) is 6.58. The molecule has 5 heteroatoms. The Labute approximate surface area is 148 Å². The summed E-state index contributed by atoms with van der Waals surface area (Å²) < 4.78 is 1.99. The van der Waals surface area contributed by atoms with Crippen LogP contribution in [-0.2, 0) is 16.6 Å². The van der Waals surface area contributed by atoms with E-state index in [9.17, 15) is 9.59 Å². The molecule has 5 nitrogen and oxygen atoms in total. The molecule has 0 aliphatic carbocycles. The monoisotopic (exact) mass is 339 g/mol. The van der Waals surface area contributed by atoms with E-state index in [-0.39, 0.29) is 11.8 Å². The lowest BCUT2D eigenvalue weighted by Gasteiger charge is -2.08. The number of carbonyl (C=O) groups excluding carboxylic acids is 2. The molecule has 1 aliphatic heterocycles. The first-order valence-electron chi connectivity index (χ1n) is 8.91. The average Bonchev–Trinajstić information content (AvgIpc) is 3.05. The van der Waals surface area contributed by atoms with Gasteiger partial charge >= 0.3 is 0 Å². The number of likely N-dealkylation sites (N-methyl/N-ethyl adjacent to an activating group) is 1. The van der Waals surface area contributed by atoms with Crippen LogP contribution in [0.4, 0.5) is 0 Å². The van der Waals surface area contributed by atoms with Gasteiger partial charge in [0.15, 0.2) is 0 Å². The van der Waals surface area contributed by atoms with Gasteiger partial charge in [0, 0.05) is 43.3 Å². The van der Waals surface area contributed by atoms with Crippen molar-refractivity contribution in [2.75, 3.05) is 13.6 Å². The molecule has 1 aliphatic rings.